The molecule has 100 valence electrons. The van der Waals surface area contributed by atoms with E-state index in [-0.39, 0.29) is 5.41 Å². The van der Waals surface area contributed by atoms with Crippen molar-refractivity contribution >= 4 is 22.9 Å². The molecule has 0 aromatic carbocycles. The number of hydrogen-bond acceptors (Lipinski definition) is 3. The van der Waals surface area contributed by atoms with Crippen molar-refractivity contribution in [3.05, 3.63) is 0 Å². The van der Waals surface area contributed by atoms with E-state index in [2.05, 4.69) is 36.9 Å². The molecule has 3 rings (SSSR count). The zero-order valence-electron chi connectivity index (χ0n) is 11.0. The Bertz CT molecular complexity index is 341. The van der Waals surface area contributed by atoms with Gasteiger partial charge in [0.25, 0.3) is 0 Å². The highest BCUT2D eigenvalue weighted by molar-refractivity contribution is 14.1. The summed E-state index contributed by atoms with van der Waals surface area (Å²) < 4.78 is 2.43. The fourth-order valence-electron chi connectivity index (χ4n) is 3.52. The van der Waals surface area contributed by atoms with E-state index in [1.54, 1.807) is 0 Å². The van der Waals surface area contributed by atoms with Gasteiger partial charge in [-0.05, 0) is 57.0 Å². The zero-order valence-corrected chi connectivity index (χ0v) is 13.2. The van der Waals surface area contributed by atoms with Crippen molar-refractivity contribution in [2.75, 3.05) is 32.7 Å². The van der Waals surface area contributed by atoms with Crippen molar-refractivity contribution in [1.29, 1.82) is 5.26 Å². The maximum atomic E-state index is 9.18. The maximum absolute atomic E-state index is 9.18. The molecule has 2 heterocycles. The van der Waals surface area contributed by atoms with Crippen LogP contribution in [-0.4, -0.2) is 40.7 Å². The highest BCUT2D eigenvalue weighted by Gasteiger charge is 2.46. The molecule has 0 unspecified atom stereocenters. The smallest absolute Gasteiger partial charge is 0.0703 e. The molecule has 4 heteroatoms. The van der Waals surface area contributed by atoms with Crippen molar-refractivity contribution in [1.82, 2.24) is 8.01 Å². The van der Waals surface area contributed by atoms with E-state index in [1.807, 2.05) is 0 Å². The van der Waals surface area contributed by atoms with Crippen LogP contribution in [0, 0.1) is 22.2 Å². The van der Waals surface area contributed by atoms with Gasteiger partial charge in [0.15, 0.2) is 0 Å². The van der Waals surface area contributed by atoms with Gasteiger partial charge in [0.05, 0.1) is 11.5 Å². The zero-order chi connectivity index (χ0) is 12.6. The third-order valence-corrected chi connectivity index (χ3v) is 6.27. The molecular weight excluding hydrogens is 337 g/mol. The number of rotatable bonds is 2. The van der Waals surface area contributed by atoms with Gasteiger partial charge >= 0.3 is 0 Å². The summed E-state index contributed by atoms with van der Waals surface area (Å²) in [5.41, 5.74) is 0.692. The summed E-state index contributed by atoms with van der Waals surface area (Å²) in [4.78, 5) is 2.55. The van der Waals surface area contributed by atoms with E-state index < -0.39 is 0 Å². The minimum absolute atomic E-state index is 0.0517. The second-order valence-electron chi connectivity index (χ2n) is 6.58. The Morgan fingerprint density at radius 3 is 2.00 bits per heavy atom. The third-order valence-electron chi connectivity index (χ3n) is 5.30. The van der Waals surface area contributed by atoms with Crippen LogP contribution in [0.3, 0.4) is 0 Å². The number of halogens is 1. The van der Waals surface area contributed by atoms with Gasteiger partial charge < -0.3 is 4.90 Å². The van der Waals surface area contributed by atoms with Gasteiger partial charge in [-0.15, -0.1) is 0 Å². The number of likely N-dealkylation sites (tertiary alicyclic amines) is 1. The molecule has 1 spiro atoms. The first-order chi connectivity index (χ1) is 8.65. The van der Waals surface area contributed by atoms with Gasteiger partial charge in [-0.3, -0.25) is 0 Å². The molecule has 0 N–H and O–H groups in total. The summed E-state index contributed by atoms with van der Waals surface area (Å²) in [5.74, 6) is 0. The molecule has 0 radical (unpaired) electrons. The highest BCUT2D eigenvalue weighted by atomic mass is 127. The second kappa shape index (κ2) is 4.92. The van der Waals surface area contributed by atoms with Crippen molar-refractivity contribution in [3.8, 4) is 6.07 Å². The molecule has 0 amide bonds. The lowest BCUT2D eigenvalue weighted by molar-refractivity contribution is 0.0559. The molecule has 0 aromatic rings. The molecular formula is C14H22IN3. The molecule has 3 nitrogen and oxygen atoms in total. The minimum atomic E-state index is 0.0517. The fourth-order valence-corrected chi connectivity index (χ4v) is 4.01. The van der Waals surface area contributed by atoms with Gasteiger partial charge in [-0.25, -0.2) is 3.11 Å². The van der Waals surface area contributed by atoms with Crippen LogP contribution in [0.4, 0.5) is 0 Å². The predicted molar refractivity (Wildman–Crippen MR) is 80.2 cm³/mol. The van der Waals surface area contributed by atoms with Crippen LogP contribution in [0.25, 0.3) is 0 Å². The molecule has 0 atom stereocenters. The number of nitrogens with zero attached hydrogens (tertiary/aromatic N) is 3. The van der Waals surface area contributed by atoms with Crippen LogP contribution >= 0.6 is 22.9 Å². The van der Waals surface area contributed by atoms with E-state index in [1.165, 1.54) is 51.9 Å². The summed E-state index contributed by atoms with van der Waals surface area (Å²) >= 11 is 2.46. The number of hydrogen-bond donors (Lipinski definition) is 0. The summed E-state index contributed by atoms with van der Waals surface area (Å²) in [7, 11) is 0. The topological polar surface area (TPSA) is 30.3 Å². The molecule has 1 aliphatic carbocycles. The second-order valence-corrected chi connectivity index (χ2v) is 7.94. The molecule has 0 aromatic heterocycles. The van der Waals surface area contributed by atoms with Crippen LogP contribution in [0.2, 0.25) is 0 Å². The molecule has 3 aliphatic rings. The van der Waals surface area contributed by atoms with E-state index in [0.29, 0.717) is 5.41 Å². The Kier molecular flexibility index (Phi) is 3.59. The van der Waals surface area contributed by atoms with Crippen molar-refractivity contribution in [3.63, 3.8) is 0 Å². The quantitative estimate of drug-likeness (QED) is 0.561. The van der Waals surface area contributed by atoms with E-state index in [4.69, 9.17) is 0 Å². The normalized spacial score (nSPS) is 31.1. The molecule has 1 saturated carbocycles. The largest absolute Gasteiger partial charge is 0.302 e. The molecule has 3 fully saturated rings. The Balaban J connectivity index is 1.51. The van der Waals surface area contributed by atoms with Crippen molar-refractivity contribution < 1.29 is 0 Å². The summed E-state index contributed by atoms with van der Waals surface area (Å²) in [6.45, 7) is 6.03. The maximum Gasteiger partial charge on any atom is 0.0703 e. The van der Waals surface area contributed by atoms with Gasteiger partial charge in [-0.1, -0.05) is 0 Å². The lowest BCUT2D eigenvalue weighted by atomic mass is 9.71. The van der Waals surface area contributed by atoms with Gasteiger partial charge in [0.1, 0.15) is 0 Å². The Hall–Kier alpha value is 0.140. The van der Waals surface area contributed by atoms with Gasteiger partial charge in [0.2, 0.25) is 0 Å². The van der Waals surface area contributed by atoms with Crippen molar-refractivity contribution in [2.45, 2.75) is 38.5 Å². The third kappa shape index (κ3) is 2.68. The minimum Gasteiger partial charge on any atom is -0.302 e. The molecule has 18 heavy (non-hydrogen) atoms. The monoisotopic (exact) mass is 359 g/mol. The first-order valence-corrected chi connectivity index (χ1v) is 8.16. The Labute approximate surface area is 124 Å². The van der Waals surface area contributed by atoms with E-state index in [0.717, 1.165) is 19.4 Å². The highest BCUT2D eigenvalue weighted by Crippen LogP contribution is 2.47. The predicted octanol–water partition coefficient (Wildman–Crippen LogP) is 2.82. The lowest BCUT2D eigenvalue weighted by Crippen LogP contribution is -2.46. The summed E-state index contributed by atoms with van der Waals surface area (Å²) in [5, 5.41) is 9.18. The van der Waals surface area contributed by atoms with E-state index in [9.17, 15) is 5.26 Å². The van der Waals surface area contributed by atoms with Crippen molar-refractivity contribution in [2.24, 2.45) is 10.8 Å². The van der Waals surface area contributed by atoms with Crippen LogP contribution in [-0.2, 0) is 0 Å². The Morgan fingerprint density at radius 1 is 0.944 bits per heavy atom. The standard InChI is InChI=1S/C14H22IN3/c15-18-9-5-13(6-10-18)3-7-17(8-4-13)12-14(11-16)1-2-14/h1-10,12H2. The van der Waals surface area contributed by atoms with Crippen LogP contribution < -0.4 is 0 Å². The molecule has 2 aliphatic heterocycles. The molecule has 0 bridgehead atoms. The number of piperidine rings is 2. The summed E-state index contributed by atoms with van der Waals surface area (Å²) in [6, 6.07) is 2.53. The molecule has 2 saturated heterocycles. The van der Waals surface area contributed by atoms with E-state index >= 15 is 0 Å². The first-order valence-electron chi connectivity index (χ1n) is 7.20. The van der Waals surface area contributed by atoms with Gasteiger partial charge in [-0.2, -0.15) is 5.26 Å². The lowest BCUT2D eigenvalue weighted by Gasteiger charge is -2.46. The SMILES string of the molecule is N#CC1(CN2CCC3(CCN(I)CC3)CC2)CC1. The first kappa shape index (κ1) is 13.1. The van der Waals surface area contributed by atoms with Crippen LogP contribution in [0.5, 0.6) is 0 Å². The van der Waals surface area contributed by atoms with Crippen LogP contribution in [0.1, 0.15) is 38.5 Å². The average Bonchev–Trinajstić information content (AvgIpc) is 3.17. The van der Waals surface area contributed by atoms with Gasteiger partial charge in [0, 0.05) is 42.5 Å². The van der Waals surface area contributed by atoms with Crippen LogP contribution in [0.15, 0.2) is 0 Å². The Morgan fingerprint density at radius 2 is 1.50 bits per heavy atom. The summed E-state index contributed by atoms with van der Waals surface area (Å²) in [6.07, 6.45) is 7.75. The average molecular weight is 359 g/mol. The number of nitriles is 1. The fraction of sp³-hybridized carbons (Fsp3) is 0.929.